The summed E-state index contributed by atoms with van der Waals surface area (Å²) in [4.78, 5) is 22.5. The summed E-state index contributed by atoms with van der Waals surface area (Å²) in [5, 5.41) is 6.64. The molecular weight excluding hydrogens is 194 g/mol. The molecule has 15 heavy (non-hydrogen) atoms. The second kappa shape index (κ2) is 3.34. The van der Waals surface area contributed by atoms with E-state index in [1.807, 2.05) is 0 Å². The van der Waals surface area contributed by atoms with E-state index in [1.165, 1.54) is 6.92 Å². The summed E-state index contributed by atoms with van der Waals surface area (Å²) in [5.41, 5.74) is 1.09. The average Bonchev–Trinajstić information content (AvgIpc) is 2.54. The number of hydrogen-bond donors (Lipinski definition) is 1. The topological polar surface area (TPSA) is 64.0 Å². The fraction of sp³-hybridized carbons (Fsp3) is 0.300. The Kier molecular flexibility index (Phi) is 2.15. The fourth-order valence-corrected chi connectivity index (χ4v) is 1.55. The molecule has 0 aliphatic carbocycles. The molecule has 1 N–H and O–H groups in total. The van der Waals surface area contributed by atoms with Gasteiger partial charge in [0.05, 0.1) is 0 Å². The van der Waals surface area contributed by atoms with Gasteiger partial charge in [-0.3, -0.25) is 14.3 Å². The maximum atomic E-state index is 11.6. The molecule has 1 aliphatic heterocycles. The number of aromatic nitrogens is 2. The van der Waals surface area contributed by atoms with Crippen LogP contribution < -0.4 is 5.32 Å². The van der Waals surface area contributed by atoms with Crippen molar-refractivity contribution in [2.45, 2.75) is 19.9 Å². The molecule has 0 radical (unpaired) electrons. The first-order valence-electron chi connectivity index (χ1n) is 4.66. The summed E-state index contributed by atoms with van der Waals surface area (Å²) in [6.45, 7) is 5.73. The van der Waals surface area contributed by atoms with Crippen LogP contribution in [0.1, 0.15) is 23.8 Å². The first-order valence-corrected chi connectivity index (χ1v) is 4.66. The molecule has 0 bridgehead atoms. The molecular formula is C10H11N3O2. The number of anilines is 1. The van der Waals surface area contributed by atoms with Crippen LogP contribution in [-0.4, -0.2) is 21.5 Å². The number of ketones is 1. The maximum absolute atomic E-state index is 11.6. The van der Waals surface area contributed by atoms with E-state index in [-0.39, 0.29) is 11.7 Å². The van der Waals surface area contributed by atoms with Crippen molar-refractivity contribution in [3.8, 4) is 0 Å². The SMILES string of the molecule is C=C1CCn2nc(NC(C)=O)cc2C1=O. The molecule has 0 atom stereocenters. The van der Waals surface area contributed by atoms with E-state index in [0.29, 0.717) is 30.1 Å². The number of carbonyl (C=O) groups is 2. The van der Waals surface area contributed by atoms with Crippen molar-refractivity contribution in [3.05, 3.63) is 23.9 Å². The molecule has 5 heteroatoms. The lowest BCUT2D eigenvalue weighted by atomic mass is 10.0. The minimum atomic E-state index is -0.197. The molecule has 0 fully saturated rings. The zero-order valence-corrected chi connectivity index (χ0v) is 8.41. The van der Waals surface area contributed by atoms with Crippen LogP contribution in [0.5, 0.6) is 0 Å². The van der Waals surface area contributed by atoms with Gasteiger partial charge in [-0.1, -0.05) is 6.58 Å². The number of nitrogens with zero attached hydrogens (tertiary/aromatic N) is 2. The van der Waals surface area contributed by atoms with Crippen molar-refractivity contribution in [3.63, 3.8) is 0 Å². The van der Waals surface area contributed by atoms with Gasteiger partial charge in [0.1, 0.15) is 5.69 Å². The number of fused-ring (bicyclic) bond motifs is 1. The highest BCUT2D eigenvalue weighted by atomic mass is 16.1. The zero-order valence-electron chi connectivity index (χ0n) is 8.41. The summed E-state index contributed by atoms with van der Waals surface area (Å²) < 4.78 is 1.60. The van der Waals surface area contributed by atoms with Gasteiger partial charge in [-0.05, 0) is 12.0 Å². The largest absolute Gasteiger partial charge is 0.309 e. The maximum Gasteiger partial charge on any atom is 0.222 e. The Hall–Kier alpha value is -1.91. The molecule has 1 aromatic heterocycles. The van der Waals surface area contributed by atoms with Crippen molar-refractivity contribution in [2.24, 2.45) is 0 Å². The van der Waals surface area contributed by atoms with Crippen molar-refractivity contribution in [1.82, 2.24) is 9.78 Å². The van der Waals surface area contributed by atoms with Crippen molar-refractivity contribution >= 4 is 17.5 Å². The van der Waals surface area contributed by atoms with E-state index in [0.717, 1.165) is 0 Å². The monoisotopic (exact) mass is 205 g/mol. The number of nitrogens with one attached hydrogen (secondary N) is 1. The normalized spacial score (nSPS) is 15.0. The first kappa shape index (κ1) is 9.64. The molecule has 1 amide bonds. The highest BCUT2D eigenvalue weighted by molar-refractivity contribution is 6.08. The molecule has 0 saturated heterocycles. The molecule has 0 saturated carbocycles. The predicted octanol–water partition coefficient (Wildman–Crippen LogP) is 0.984. The van der Waals surface area contributed by atoms with Crippen LogP contribution in [0.2, 0.25) is 0 Å². The minimum Gasteiger partial charge on any atom is -0.309 e. The van der Waals surface area contributed by atoms with Crippen molar-refractivity contribution in [2.75, 3.05) is 5.32 Å². The summed E-state index contributed by atoms with van der Waals surface area (Å²) >= 11 is 0. The van der Waals surface area contributed by atoms with Gasteiger partial charge in [0, 0.05) is 19.5 Å². The third-order valence-electron chi connectivity index (χ3n) is 2.26. The standard InChI is InChI=1S/C10H11N3O2/c1-6-3-4-13-8(10(6)15)5-9(12-13)11-7(2)14/h5H,1,3-4H2,2H3,(H,11,12,14). The molecule has 2 heterocycles. The average molecular weight is 205 g/mol. The van der Waals surface area contributed by atoms with Crippen molar-refractivity contribution in [1.29, 1.82) is 0 Å². The predicted molar refractivity (Wildman–Crippen MR) is 54.6 cm³/mol. The number of aryl methyl sites for hydroxylation is 1. The van der Waals surface area contributed by atoms with E-state index in [2.05, 4.69) is 17.0 Å². The fourth-order valence-electron chi connectivity index (χ4n) is 1.55. The van der Waals surface area contributed by atoms with Crippen LogP contribution in [-0.2, 0) is 11.3 Å². The van der Waals surface area contributed by atoms with Crippen LogP contribution >= 0.6 is 0 Å². The second-order valence-corrected chi connectivity index (χ2v) is 3.50. The van der Waals surface area contributed by atoms with E-state index < -0.39 is 0 Å². The summed E-state index contributed by atoms with van der Waals surface area (Å²) in [6, 6.07) is 1.58. The summed E-state index contributed by atoms with van der Waals surface area (Å²) in [7, 11) is 0. The number of allylic oxidation sites excluding steroid dienone is 1. The molecule has 2 rings (SSSR count). The molecule has 0 unspecified atom stereocenters. The Morgan fingerprint density at radius 1 is 1.67 bits per heavy atom. The number of carbonyl (C=O) groups excluding carboxylic acids is 2. The van der Waals surface area contributed by atoms with Gasteiger partial charge < -0.3 is 5.32 Å². The van der Waals surface area contributed by atoms with E-state index in [9.17, 15) is 9.59 Å². The molecule has 1 aromatic rings. The van der Waals surface area contributed by atoms with Crippen LogP contribution in [0.25, 0.3) is 0 Å². The number of rotatable bonds is 1. The number of amides is 1. The van der Waals surface area contributed by atoms with E-state index >= 15 is 0 Å². The Labute approximate surface area is 86.8 Å². The molecule has 5 nitrogen and oxygen atoms in total. The first-order chi connectivity index (χ1) is 7.08. The van der Waals surface area contributed by atoms with Gasteiger partial charge in [-0.25, -0.2) is 0 Å². The molecule has 1 aliphatic rings. The Morgan fingerprint density at radius 3 is 3.07 bits per heavy atom. The van der Waals surface area contributed by atoms with E-state index in [4.69, 9.17) is 0 Å². The Balaban J connectivity index is 2.35. The minimum absolute atomic E-state index is 0.0923. The highest BCUT2D eigenvalue weighted by Crippen LogP contribution is 2.20. The number of hydrogen-bond acceptors (Lipinski definition) is 3. The highest BCUT2D eigenvalue weighted by Gasteiger charge is 2.22. The molecule has 78 valence electrons. The van der Waals surface area contributed by atoms with Crippen molar-refractivity contribution < 1.29 is 9.59 Å². The van der Waals surface area contributed by atoms with Gasteiger partial charge in [0.15, 0.2) is 5.82 Å². The van der Waals surface area contributed by atoms with Gasteiger partial charge >= 0.3 is 0 Å². The van der Waals surface area contributed by atoms with Gasteiger partial charge in [-0.2, -0.15) is 5.10 Å². The zero-order chi connectivity index (χ0) is 11.0. The Morgan fingerprint density at radius 2 is 2.40 bits per heavy atom. The van der Waals surface area contributed by atoms with Crippen LogP contribution in [0.3, 0.4) is 0 Å². The molecule has 0 aromatic carbocycles. The van der Waals surface area contributed by atoms with Gasteiger partial charge in [-0.15, -0.1) is 0 Å². The lowest BCUT2D eigenvalue weighted by Gasteiger charge is -2.13. The van der Waals surface area contributed by atoms with Gasteiger partial charge in [0.25, 0.3) is 0 Å². The van der Waals surface area contributed by atoms with Crippen LogP contribution in [0.15, 0.2) is 18.2 Å². The lowest BCUT2D eigenvalue weighted by molar-refractivity contribution is -0.114. The van der Waals surface area contributed by atoms with E-state index in [1.54, 1.807) is 10.7 Å². The third-order valence-corrected chi connectivity index (χ3v) is 2.26. The van der Waals surface area contributed by atoms with Crippen LogP contribution in [0, 0.1) is 0 Å². The Bertz CT molecular complexity index is 459. The summed E-state index contributed by atoms with van der Waals surface area (Å²) in [5.74, 6) is 0.127. The lowest BCUT2D eigenvalue weighted by Crippen LogP contribution is -2.19. The summed E-state index contributed by atoms with van der Waals surface area (Å²) in [6.07, 6.45) is 0.618. The van der Waals surface area contributed by atoms with Crippen LogP contribution in [0.4, 0.5) is 5.82 Å². The second-order valence-electron chi connectivity index (χ2n) is 3.50. The molecule has 0 spiro atoms. The third kappa shape index (κ3) is 1.68. The number of Topliss-reactive ketones (excluding diaryl/α,β-unsaturated/α-hetero) is 1. The smallest absolute Gasteiger partial charge is 0.222 e. The van der Waals surface area contributed by atoms with Gasteiger partial charge in [0.2, 0.25) is 11.7 Å². The quantitative estimate of drug-likeness (QED) is 0.695.